The lowest BCUT2D eigenvalue weighted by Crippen LogP contribution is -2.25. The Morgan fingerprint density at radius 1 is 1.59 bits per heavy atom. The molecule has 0 radical (unpaired) electrons. The Labute approximate surface area is 108 Å². The Bertz CT molecular complexity index is 505. The smallest absolute Gasteiger partial charge is 0.152 e. The minimum absolute atomic E-state index is 0.0273. The summed E-state index contributed by atoms with van der Waals surface area (Å²) in [5.41, 5.74) is 6.62. The lowest BCUT2D eigenvalue weighted by atomic mass is 10.3. The zero-order valence-electron chi connectivity index (χ0n) is 9.33. The molecule has 2 rings (SSSR count). The number of hydrogen-bond donors (Lipinski definition) is 2. The molecule has 0 spiro atoms. The summed E-state index contributed by atoms with van der Waals surface area (Å²) < 4.78 is 2.11. The summed E-state index contributed by atoms with van der Waals surface area (Å²) in [6.45, 7) is 2.00. The molecule has 0 aliphatic rings. The molecule has 0 bridgehead atoms. The number of hydrogen-bond acceptors (Lipinski definition) is 5. The quantitative estimate of drug-likeness (QED) is 0.294. The number of benzene rings is 1. The second-order valence-corrected chi connectivity index (χ2v) is 5.97. The molecule has 0 aliphatic carbocycles. The van der Waals surface area contributed by atoms with Crippen LogP contribution in [0.3, 0.4) is 0 Å². The highest BCUT2D eigenvalue weighted by Gasteiger charge is 2.15. The summed E-state index contributed by atoms with van der Waals surface area (Å²) in [6, 6.07) is 8.00. The molecule has 0 saturated carbocycles. The zero-order valence-corrected chi connectivity index (χ0v) is 11.0. The van der Waals surface area contributed by atoms with Crippen molar-refractivity contribution in [2.75, 3.05) is 0 Å². The van der Waals surface area contributed by atoms with Gasteiger partial charge in [0.25, 0.3) is 0 Å². The predicted octanol–water partition coefficient (Wildman–Crippen LogP) is 2.91. The Kier molecular flexibility index (Phi) is 3.86. The Balaban J connectivity index is 2.22. The molecule has 0 fully saturated rings. The summed E-state index contributed by atoms with van der Waals surface area (Å²) in [5.74, 6) is 0.247. The van der Waals surface area contributed by atoms with Crippen LogP contribution in [0.25, 0.3) is 10.2 Å². The maximum absolute atomic E-state index is 8.69. The molecule has 1 aromatic carbocycles. The van der Waals surface area contributed by atoms with Crippen LogP contribution in [0.1, 0.15) is 13.3 Å². The molecule has 1 aromatic heterocycles. The first-order chi connectivity index (χ1) is 8.24. The lowest BCUT2D eigenvalue weighted by molar-refractivity contribution is 0.317. The number of thiazole rings is 1. The van der Waals surface area contributed by atoms with Crippen LogP contribution < -0.4 is 5.73 Å². The SMILES string of the molecule is CCC(Sc1nc2ccccc2s1)C(N)=NO. The number of rotatable bonds is 4. The Morgan fingerprint density at radius 2 is 2.35 bits per heavy atom. The highest BCUT2D eigenvalue weighted by molar-refractivity contribution is 8.02. The third-order valence-corrected chi connectivity index (χ3v) is 4.86. The van der Waals surface area contributed by atoms with Gasteiger partial charge in [0, 0.05) is 0 Å². The van der Waals surface area contributed by atoms with E-state index in [0.29, 0.717) is 0 Å². The molecule has 17 heavy (non-hydrogen) atoms. The van der Waals surface area contributed by atoms with Gasteiger partial charge in [-0.1, -0.05) is 36.0 Å². The number of fused-ring (bicyclic) bond motifs is 1. The van der Waals surface area contributed by atoms with Crippen LogP contribution in [0, 0.1) is 0 Å². The maximum atomic E-state index is 8.69. The van der Waals surface area contributed by atoms with Gasteiger partial charge in [-0.15, -0.1) is 11.3 Å². The van der Waals surface area contributed by atoms with Crippen LogP contribution in [0.2, 0.25) is 0 Å². The lowest BCUT2D eigenvalue weighted by Gasteiger charge is -2.09. The van der Waals surface area contributed by atoms with E-state index in [2.05, 4.69) is 10.1 Å². The van der Waals surface area contributed by atoms with Gasteiger partial charge in [-0.05, 0) is 18.6 Å². The standard InChI is InChI=1S/C11H13N3OS2/c1-2-8(10(12)14-15)16-11-13-7-5-3-4-6-9(7)17-11/h3-6,8,15H,2H2,1H3,(H2,12,14). The Hall–Kier alpha value is -1.27. The number of oxime groups is 1. The van der Waals surface area contributed by atoms with E-state index in [-0.39, 0.29) is 11.1 Å². The van der Waals surface area contributed by atoms with Gasteiger partial charge < -0.3 is 10.9 Å². The van der Waals surface area contributed by atoms with Crippen molar-refractivity contribution in [2.24, 2.45) is 10.9 Å². The molecule has 1 heterocycles. The monoisotopic (exact) mass is 267 g/mol. The molecule has 1 atom stereocenters. The third-order valence-electron chi connectivity index (χ3n) is 2.33. The molecule has 0 amide bonds. The number of aromatic nitrogens is 1. The van der Waals surface area contributed by atoms with Gasteiger partial charge in [0.1, 0.15) is 0 Å². The van der Waals surface area contributed by atoms with Gasteiger partial charge in [0.2, 0.25) is 0 Å². The summed E-state index contributed by atoms with van der Waals surface area (Å²) in [6.07, 6.45) is 0.802. The van der Waals surface area contributed by atoms with Crippen molar-refractivity contribution in [1.82, 2.24) is 4.98 Å². The van der Waals surface area contributed by atoms with Crippen molar-refractivity contribution >= 4 is 39.2 Å². The van der Waals surface area contributed by atoms with Crippen molar-refractivity contribution in [3.8, 4) is 0 Å². The van der Waals surface area contributed by atoms with Gasteiger partial charge in [-0.25, -0.2) is 4.98 Å². The first kappa shape index (κ1) is 12.2. The minimum Gasteiger partial charge on any atom is -0.409 e. The largest absolute Gasteiger partial charge is 0.409 e. The molecule has 4 nitrogen and oxygen atoms in total. The van der Waals surface area contributed by atoms with Crippen molar-refractivity contribution < 1.29 is 5.21 Å². The molecule has 3 N–H and O–H groups in total. The Morgan fingerprint density at radius 3 is 3.00 bits per heavy atom. The van der Waals surface area contributed by atoms with E-state index < -0.39 is 0 Å². The summed E-state index contributed by atoms with van der Waals surface area (Å²) in [5, 5.41) is 11.7. The molecular formula is C11H13N3OS2. The molecule has 0 saturated heterocycles. The van der Waals surface area contributed by atoms with Gasteiger partial charge >= 0.3 is 0 Å². The van der Waals surface area contributed by atoms with Crippen LogP contribution in [-0.2, 0) is 0 Å². The molecule has 2 aromatic rings. The van der Waals surface area contributed by atoms with Crippen LogP contribution in [0.4, 0.5) is 0 Å². The highest BCUT2D eigenvalue weighted by Crippen LogP contribution is 2.32. The fraction of sp³-hybridized carbons (Fsp3) is 0.273. The van der Waals surface area contributed by atoms with Crippen molar-refractivity contribution in [3.63, 3.8) is 0 Å². The van der Waals surface area contributed by atoms with E-state index in [1.165, 1.54) is 11.8 Å². The van der Waals surface area contributed by atoms with E-state index in [9.17, 15) is 0 Å². The molecule has 6 heteroatoms. The van der Waals surface area contributed by atoms with Crippen LogP contribution in [0.5, 0.6) is 0 Å². The van der Waals surface area contributed by atoms with Crippen LogP contribution in [-0.4, -0.2) is 21.3 Å². The summed E-state index contributed by atoms with van der Waals surface area (Å²) >= 11 is 3.17. The molecular weight excluding hydrogens is 254 g/mol. The van der Waals surface area contributed by atoms with E-state index in [1.807, 2.05) is 31.2 Å². The molecule has 90 valence electrons. The number of para-hydroxylation sites is 1. The van der Waals surface area contributed by atoms with E-state index in [4.69, 9.17) is 10.9 Å². The molecule has 1 unspecified atom stereocenters. The summed E-state index contributed by atoms with van der Waals surface area (Å²) in [4.78, 5) is 4.51. The topological polar surface area (TPSA) is 71.5 Å². The van der Waals surface area contributed by atoms with E-state index in [1.54, 1.807) is 11.3 Å². The minimum atomic E-state index is -0.0273. The second kappa shape index (κ2) is 5.37. The first-order valence-electron chi connectivity index (χ1n) is 5.24. The average molecular weight is 267 g/mol. The number of amidine groups is 1. The van der Waals surface area contributed by atoms with Crippen LogP contribution >= 0.6 is 23.1 Å². The molecule has 0 aliphatic heterocycles. The summed E-state index contributed by atoms with van der Waals surface area (Å²) in [7, 11) is 0. The maximum Gasteiger partial charge on any atom is 0.152 e. The van der Waals surface area contributed by atoms with Crippen LogP contribution in [0.15, 0.2) is 33.8 Å². The number of nitrogens with two attached hydrogens (primary N) is 1. The fourth-order valence-corrected chi connectivity index (χ4v) is 3.68. The normalized spacial score (nSPS) is 14.1. The number of nitrogens with zero attached hydrogens (tertiary/aromatic N) is 2. The van der Waals surface area contributed by atoms with E-state index >= 15 is 0 Å². The first-order valence-corrected chi connectivity index (χ1v) is 6.94. The van der Waals surface area contributed by atoms with Crippen molar-refractivity contribution in [2.45, 2.75) is 22.9 Å². The van der Waals surface area contributed by atoms with Gasteiger partial charge in [0.05, 0.1) is 15.5 Å². The predicted molar refractivity (Wildman–Crippen MR) is 73.0 cm³/mol. The van der Waals surface area contributed by atoms with Gasteiger partial charge in [-0.3, -0.25) is 0 Å². The van der Waals surface area contributed by atoms with E-state index in [0.717, 1.165) is 21.0 Å². The van der Waals surface area contributed by atoms with Crippen molar-refractivity contribution in [3.05, 3.63) is 24.3 Å². The average Bonchev–Trinajstić information content (AvgIpc) is 2.77. The highest BCUT2D eigenvalue weighted by atomic mass is 32.2. The van der Waals surface area contributed by atoms with Gasteiger partial charge in [0.15, 0.2) is 10.2 Å². The number of thioether (sulfide) groups is 1. The zero-order chi connectivity index (χ0) is 12.3. The third kappa shape index (κ3) is 2.70. The van der Waals surface area contributed by atoms with Gasteiger partial charge in [-0.2, -0.15) is 0 Å². The van der Waals surface area contributed by atoms with Crippen molar-refractivity contribution in [1.29, 1.82) is 0 Å². The fourth-order valence-electron chi connectivity index (χ4n) is 1.44. The second-order valence-electron chi connectivity index (χ2n) is 3.49.